The van der Waals surface area contributed by atoms with E-state index in [1.54, 1.807) is 0 Å². The van der Waals surface area contributed by atoms with E-state index in [9.17, 15) is 0 Å². The summed E-state index contributed by atoms with van der Waals surface area (Å²) in [6, 6.07) is 8.61. The molecule has 0 spiro atoms. The molecule has 3 nitrogen and oxygen atoms in total. The summed E-state index contributed by atoms with van der Waals surface area (Å²) in [5.41, 5.74) is 0.983. The van der Waals surface area contributed by atoms with E-state index in [-0.39, 0.29) is 11.6 Å². The Labute approximate surface area is 117 Å². The van der Waals surface area contributed by atoms with E-state index in [0.717, 1.165) is 16.6 Å². The molecule has 1 aromatic rings. The van der Waals surface area contributed by atoms with Crippen LogP contribution in [0.15, 0.2) is 33.7 Å². The minimum Gasteiger partial charge on any atom is -0.462 e. The maximum absolute atomic E-state index is 5.83. The topological polar surface area (TPSA) is 24.8 Å². The van der Waals surface area contributed by atoms with Gasteiger partial charge in [0, 0.05) is 23.5 Å². The molecule has 2 rings (SSSR count). The molecule has 0 radical (unpaired) electrons. The highest BCUT2D eigenvalue weighted by molar-refractivity contribution is 9.10. The van der Waals surface area contributed by atoms with Crippen molar-refractivity contribution in [1.29, 1.82) is 0 Å². The highest BCUT2D eigenvalue weighted by atomic mass is 79.9. The fourth-order valence-electron chi connectivity index (χ4n) is 2.13. The molecule has 1 saturated heterocycles. The van der Waals surface area contributed by atoms with Gasteiger partial charge in [-0.3, -0.25) is 0 Å². The third kappa shape index (κ3) is 2.86. The van der Waals surface area contributed by atoms with E-state index in [1.807, 2.05) is 31.3 Å². The zero-order valence-corrected chi connectivity index (χ0v) is 12.9. The lowest BCUT2D eigenvalue weighted by atomic mass is 9.94. The van der Waals surface area contributed by atoms with E-state index >= 15 is 0 Å². The molecule has 1 aliphatic rings. The highest BCUT2D eigenvalue weighted by Gasteiger charge is 2.35. The van der Waals surface area contributed by atoms with Gasteiger partial charge in [0.25, 0.3) is 6.02 Å². The smallest absolute Gasteiger partial charge is 0.293 e. The van der Waals surface area contributed by atoms with Gasteiger partial charge in [0.2, 0.25) is 0 Å². The number of hydrogen-bond donors (Lipinski definition) is 0. The molecular weight excluding hydrogens is 292 g/mol. The van der Waals surface area contributed by atoms with Crippen LogP contribution in [0.5, 0.6) is 0 Å². The van der Waals surface area contributed by atoms with Crippen molar-refractivity contribution in [3.63, 3.8) is 0 Å². The number of nitrogens with zero attached hydrogens (tertiary/aromatic N) is 2. The maximum atomic E-state index is 5.83. The first kappa shape index (κ1) is 13.4. The lowest BCUT2D eigenvalue weighted by Gasteiger charge is -2.44. The first-order valence-electron chi connectivity index (χ1n) is 6.13. The summed E-state index contributed by atoms with van der Waals surface area (Å²) in [5, 5.41) is 0. The zero-order valence-electron chi connectivity index (χ0n) is 11.3. The Hall–Kier alpha value is -1.03. The Morgan fingerprint density at radius 3 is 2.56 bits per heavy atom. The summed E-state index contributed by atoms with van der Waals surface area (Å²) in [7, 11) is 2.03. The summed E-state index contributed by atoms with van der Waals surface area (Å²) < 4.78 is 6.89. The van der Waals surface area contributed by atoms with Crippen LogP contribution in [-0.2, 0) is 4.74 Å². The van der Waals surface area contributed by atoms with E-state index in [4.69, 9.17) is 4.74 Å². The fraction of sp³-hybridized carbons (Fsp3) is 0.500. The van der Waals surface area contributed by atoms with Gasteiger partial charge >= 0.3 is 0 Å². The molecule has 18 heavy (non-hydrogen) atoms. The molecule has 1 atom stereocenters. The summed E-state index contributed by atoms with van der Waals surface area (Å²) in [6.07, 6.45) is 1.20. The minimum atomic E-state index is 0.0753. The average molecular weight is 311 g/mol. The third-order valence-corrected chi connectivity index (χ3v) is 3.87. The lowest BCUT2D eigenvalue weighted by molar-refractivity contribution is 0.0404. The van der Waals surface area contributed by atoms with Crippen LogP contribution in [0, 0.1) is 0 Å². The monoisotopic (exact) mass is 310 g/mol. The molecule has 0 amide bonds. The molecule has 0 aliphatic carbocycles. The van der Waals surface area contributed by atoms with Gasteiger partial charge in [0.1, 0.15) is 6.10 Å². The van der Waals surface area contributed by atoms with Crippen LogP contribution in [0.2, 0.25) is 0 Å². The summed E-state index contributed by atoms with van der Waals surface area (Å²) >= 11 is 3.42. The molecule has 0 aromatic heterocycles. The summed E-state index contributed by atoms with van der Waals surface area (Å²) in [5.74, 6) is 0. The van der Waals surface area contributed by atoms with Crippen molar-refractivity contribution in [3.8, 4) is 0 Å². The first-order valence-corrected chi connectivity index (χ1v) is 6.92. The van der Waals surface area contributed by atoms with Gasteiger partial charge in [0.05, 0.1) is 5.69 Å². The molecule has 1 heterocycles. The zero-order chi connectivity index (χ0) is 13.3. The number of halogens is 1. The number of ether oxygens (including phenoxy) is 1. The normalized spacial score (nSPS) is 25.1. The van der Waals surface area contributed by atoms with Crippen molar-refractivity contribution in [2.75, 3.05) is 7.05 Å². The third-order valence-electron chi connectivity index (χ3n) is 3.34. The van der Waals surface area contributed by atoms with Crippen LogP contribution in [0.4, 0.5) is 5.69 Å². The fourth-order valence-corrected chi connectivity index (χ4v) is 2.39. The molecule has 1 fully saturated rings. The van der Waals surface area contributed by atoms with Crippen LogP contribution < -0.4 is 0 Å². The molecule has 0 N–H and O–H groups in total. The van der Waals surface area contributed by atoms with Crippen LogP contribution in [0.1, 0.15) is 27.2 Å². The van der Waals surface area contributed by atoms with Crippen molar-refractivity contribution in [1.82, 2.24) is 4.90 Å². The van der Waals surface area contributed by atoms with E-state index < -0.39 is 0 Å². The number of benzene rings is 1. The number of rotatable bonds is 1. The SMILES string of the molecule is CC1CC(C)(C)N(C)C(=Nc2ccc(Br)cc2)O1. The summed E-state index contributed by atoms with van der Waals surface area (Å²) in [4.78, 5) is 6.69. The van der Waals surface area contributed by atoms with Gasteiger partial charge in [0.15, 0.2) is 0 Å². The molecule has 1 aromatic carbocycles. The van der Waals surface area contributed by atoms with Crippen molar-refractivity contribution < 1.29 is 4.74 Å². The Kier molecular flexibility index (Phi) is 3.66. The van der Waals surface area contributed by atoms with Crippen LogP contribution in [0.25, 0.3) is 0 Å². The Balaban J connectivity index is 2.28. The predicted octanol–water partition coefficient (Wildman–Crippen LogP) is 3.96. The molecule has 98 valence electrons. The predicted molar refractivity (Wildman–Crippen MR) is 78.2 cm³/mol. The molecule has 4 heteroatoms. The maximum Gasteiger partial charge on any atom is 0.293 e. The van der Waals surface area contributed by atoms with Gasteiger partial charge in [-0.15, -0.1) is 0 Å². The van der Waals surface area contributed by atoms with Gasteiger partial charge in [-0.25, -0.2) is 0 Å². The minimum absolute atomic E-state index is 0.0753. The Morgan fingerprint density at radius 2 is 1.94 bits per heavy atom. The second-order valence-electron chi connectivity index (χ2n) is 5.37. The van der Waals surface area contributed by atoms with Crippen molar-refractivity contribution in [3.05, 3.63) is 28.7 Å². The van der Waals surface area contributed by atoms with Gasteiger partial charge in [-0.2, -0.15) is 4.99 Å². The van der Waals surface area contributed by atoms with Crippen molar-refractivity contribution in [2.24, 2.45) is 4.99 Å². The quantitative estimate of drug-likeness (QED) is 0.784. The molecule has 0 bridgehead atoms. The van der Waals surface area contributed by atoms with Gasteiger partial charge in [-0.05, 0) is 45.0 Å². The second kappa shape index (κ2) is 4.92. The number of aliphatic imine (C=N–C) groups is 1. The first-order chi connectivity index (χ1) is 8.38. The number of amidine groups is 1. The van der Waals surface area contributed by atoms with Gasteiger partial charge < -0.3 is 9.64 Å². The van der Waals surface area contributed by atoms with E-state index in [0.29, 0.717) is 6.02 Å². The summed E-state index contributed by atoms with van der Waals surface area (Å²) in [6.45, 7) is 6.51. The van der Waals surface area contributed by atoms with Crippen LogP contribution in [0.3, 0.4) is 0 Å². The largest absolute Gasteiger partial charge is 0.462 e. The van der Waals surface area contributed by atoms with Crippen molar-refractivity contribution in [2.45, 2.75) is 38.8 Å². The highest BCUT2D eigenvalue weighted by Crippen LogP contribution is 2.28. The lowest BCUT2D eigenvalue weighted by Crippen LogP contribution is -2.53. The Morgan fingerprint density at radius 1 is 1.33 bits per heavy atom. The Bertz CT molecular complexity index is 453. The molecule has 1 aliphatic heterocycles. The number of hydrogen-bond acceptors (Lipinski definition) is 2. The molecular formula is C14H19BrN2O. The average Bonchev–Trinajstić information content (AvgIpc) is 2.28. The second-order valence-corrected chi connectivity index (χ2v) is 6.29. The standard InChI is InChI=1S/C14H19BrN2O/c1-10-9-14(2,3)17(4)13(18-10)16-12-7-5-11(15)6-8-12/h5-8,10H,9H2,1-4H3. The van der Waals surface area contributed by atoms with E-state index in [1.165, 1.54) is 0 Å². The van der Waals surface area contributed by atoms with E-state index in [2.05, 4.69) is 46.6 Å². The van der Waals surface area contributed by atoms with Gasteiger partial charge in [-0.1, -0.05) is 15.9 Å². The van der Waals surface area contributed by atoms with Crippen LogP contribution in [-0.4, -0.2) is 29.6 Å². The van der Waals surface area contributed by atoms with Crippen LogP contribution >= 0.6 is 15.9 Å². The molecule has 0 saturated carbocycles. The van der Waals surface area contributed by atoms with Crippen molar-refractivity contribution >= 4 is 27.6 Å². The molecule has 1 unspecified atom stereocenters.